The molecule has 0 spiro atoms. The van der Waals surface area contributed by atoms with Crippen molar-refractivity contribution in [3.05, 3.63) is 54.1 Å². The van der Waals surface area contributed by atoms with Crippen LogP contribution >= 0.6 is 0 Å². The Kier molecular flexibility index (Phi) is 5.27. The zero-order chi connectivity index (χ0) is 20.4. The Morgan fingerprint density at radius 1 is 0.964 bits per heavy atom. The first-order valence-electron chi connectivity index (χ1n) is 7.73. The number of ether oxygens (including phenoxy) is 2. The average molecular weight is 414 g/mol. The third-order valence-corrected chi connectivity index (χ3v) is 4.44. The fourth-order valence-electron chi connectivity index (χ4n) is 2.15. The Bertz CT molecular complexity index is 1090. The van der Waals surface area contributed by atoms with Gasteiger partial charge in [-0.3, -0.25) is 0 Å². The van der Waals surface area contributed by atoms with Gasteiger partial charge in [0.2, 0.25) is 0 Å². The molecule has 28 heavy (non-hydrogen) atoms. The van der Waals surface area contributed by atoms with Crippen LogP contribution in [0.15, 0.2) is 48.5 Å². The third kappa shape index (κ3) is 4.25. The monoisotopic (exact) mass is 414 g/mol. The number of benzene rings is 2. The number of rotatable bonds is 6. The molecule has 1 aromatic heterocycles. The number of aromatic nitrogens is 2. The molecule has 0 N–H and O–H groups in total. The molecule has 0 aliphatic carbocycles. The minimum atomic E-state index is -5.94. The Hall–Kier alpha value is -3.08. The van der Waals surface area contributed by atoms with Gasteiger partial charge in [-0.05, 0) is 17.7 Å². The van der Waals surface area contributed by atoms with Crippen LogP contribution in [0.4, 0.5) is 13.2 Å². The number of alkyl halides is 3. The average Bonchev–Trinajstić information content (AvgIpc) is 2.65. The minimum absolute atomic E-state index is 0.0899. The number of nitrogens with zero attached hydrogens (tertiary/aromatic N) is 2. The second kappa shape index (κ2) is 7.50. The van der Waals surface area contributed by atoms with E-state index in [-0.39, 0.29) is 17.6 Å². The van der Waals surface area contributed by atoms with Crippen LogP contribution in [0.1, 0.15) is 5.56 Å². The molecule has 0 aliphatic rings. The topological polar surface area (TPSA) is 87.6 Å². The highest BCUT2D eigenvalue weighted by Gasteiger charge is 2.49. The summed E-state index contributed by atoms with van der Waals surface area (Å²) in [6.07, 6.45) is 0. The highest BCUT2D eigenvalue weighted by Crippen LogP contribution is 2.33. The van der Waals surface area contributed by atoms with Gasteiger partial charge in [0.25, 0.3) is 11.8 Å². The maximum atomic E-state index is 12.7. The molecular formula is C17H13F3N2O5S. The number of methoxy groups -OCH3 is 1. The molecule has 0 radical (unpaired) electrons. The van der Waals surface area contributed by atoms with E-state index in [0.29, 0.717) is 11.3 Å². The van der Waals surface area contributed by atoms with Crippen LogP contribution in [-0.2, 0) is 16.7 Å². The second-order valence-electron chi connectivity index (χ2n) is 5.45. The van der Waals surface area contributed by atoms with Crippen molar-refractivity contribution in [1.82, 2.24) is 9.97 Å². The van der Waals surface area contributed by atoms with E-state index in [4.69, 9.17) is 9.47 Å². The number of fused-ring (bicyclic) bond motifs is 1. The number of hydrogen-bond acceptors (Lipinski definition) is 7. The molecule has 11 heteroatoms. The molecule has 148 valence electrons. The zero-order valence-corrected chi connectivity index (χ0v) is 15.1. The van der Waals surface area contributed by atoms with E-state index in [1.807, 2.05) is 0 Å². The summed E-state index contributed by atoms with van der Waals surface area (Å²) in [5.41, 5.74) is -4.63. The van der Waals surface area contributed by atoms with E-state index in [0.717, 1.165) is 0 Å². The third-order valence-electron chi connectivity index (χ3n) is 3.50. The molecule has 0 bridgehead atoms. The van der Waals surface area contributed by atoms with Gasteiger partial charge < -0.3 is 13.7 Å². The molecule has 0 unspecified atom stereocenters. The quantitative estimate of drug-likeness (QED) is 0.451. The smallest absolute Gasteiger partial charge is 0.497 e. The van der Waals surface area contributed by atoms with Crippen LogP contribution in [0.3, 0.4) is 0 Å². The molecule has 7 nitrogen and oxygen atoms in total. The van der Waals surface area contributed by atoms with Crippen LogP contribution in [0.25, 0.3) is 11.0 Å². The molecule has 3 aromatic rings. The maximum Gasteiger partial charge on any atom is 0.534 e. The molecule has 0 saturated carbocycles. The first kappa shape index (κ1) is 19.7. The summed E-state index contributed by atoms with van der Waals surface area (Å²) in [7, 11) is -4.52. The Balaban J connectivity index is 2.03. The van der Waals surface area contributed by atoms with Crippen molar-refractivity contribution in [2.75, 3.05) is 7.11 Å². The van der Waals surface area contributed by atoms with Gasteiger partial charge >= 0.3 is 15.6 Å². The number of halogens is 3. The lowest BCUT2D eigenvalue weighted by atomic mass is 10.2. The predicted octanol–water partition coefficient (Wildman–Crippen LogP) is 3.45. The fourth-order valence-corrected chi connectivity index (χ4v) is 2.57. The maximum absolute atomic E-state index is 12.7. The van der Waals surface area contributed by atoms with Gasteiger partial charge in [0, 0.05) is 6.07 Å². The summed E-state index contributed by atoms with van der Waals surface area (Å²) in [4.78, 5) is 7.86. The minimum Gasteiger partial charge on any atom is -0.497 e. The highest BCUT2D eigenvalue weighted by atomic mass is 32.2. The summed E-state index contributed by atoms with van der Waals surface area (Å²) >= 11 is 0. The molecule has 2 aromatic carbocycles. The van der Waals surface area contributed by atoms with Crippen LogP contribution in [-0.4, -0.2) is 31.0 Å². The SMILES string of the molecule is COc1ccc2nc(OS(=O)(=O)C(F)(F)F)c(OCc3ccccc3)nc2c1. The largest absolute Gasteiger partial charge is 0.534 e. The van der Waals surface area contributed by atoms with E-state index in [1.165, 1.54) is 25.3 Å². The van der Waals surface area contributed by atoms with E-state index >= 15 is 0 Å². The van der Waals surface area contributed by atoms with E-state index in [1.54, 1.807) is 30.3 Å². The summed E-state index contributed by atoms with van der Waals surface area (Å²) in [5, 5.41) is 0. The normalized spacial score (nSPS) is 12.0. The Labute approximate surface area is 157 Å². The Morgan fingerprint density at radius 2 is 1.64 bits per heavy atom. The van der Waals surface area contributed by atoms with Crippen LogP contribution < -0.4 is 13.7 Å². The van der Waals surface area contributed by atoms with Gasteiger partial charge in [0.15, 0.2) is 0 Å². The van der Waals surface area contributed by atoms with Crippen LogP contribution in [0, 0.1) is 0 Å². The van der Waals surface area contributed by atoms with Crippen LogP contribution in [0.2, 0.25) is 0 Å². The standard InChI is InChI=1S/C17H13F3N2O5S/c1-25-12-7-8-13-14(9-12)22-15(26-10-11-5-3-2-4-6-11)16(21-13)27-28(23,24)17(18,19)20/h2-9H,10H2,1H3. The van der Waals surface area contributed by atoms with E-state index < -0.39 is 27.4 Å². The summed E-state index contributed by atoms with van der Waals surface area (Å²) < 4.78 is 75.5. The first-order valence-corrected chi connectivity index (χ1v) is 9.14. The predicted molar refractivity (Wildman–Crippen MR) is 92.5 cm³/mol. The van der Waals surface area contributed by atoms with E-state index in [2.05, 4.69) is 14.2 Å². The van der Waals surface area contributed by atoms with Gasteiger partial charge in [0.05, 0.1) is 18.1 Å². The molecule has 0 saturated heterocycles. The van der Waals surface area contributed by atoms with Gasteiger partial charge in [-0.25, -0.2) is 9.97 Å². The van der Waals surface area contributed by atoms with Gasteiger partial charge in [-0.1, -0.05) is 30.3 Å². The van der Waals surface area contributed by atoms with Crippen molar-refractivity contribution in [2.45, 2.75) is 12.1 Å². The molecule has 0 amide bonds. The fraction of sp³-hybridized carbons (Fsp3) is 0.176. The summed E-state index contributed by atoms with van der Waals surface area (Å²) in [6.45, 7) is -0.0899. The lowest BCUT2D eigenvalue weighted by Gasteiger charge is -2.13. The van der Waals surface area contributed by atoms with Gasteiger partial charge in [-0.2, -0.15) is 21.6 Å². The molecule has 0 atom stereocenters. The van der Waals surface area contributed by atoms with Crippen molar-refractivity contribution < 1.29 is 35.2 Å². The number of hydrogen-bond donors (Lipinski definition) is 0. The lowest BCUT2D eigenvalue weighted by molar-refractivity contribution is -0.0502. The lowest BCUT2D eigenvalue weighted by Crippen LogP contribution is -2.28. The molecule has 0 aliphatic heterocycles. The highest BCUT2D eigenvalue weighted by molar-refractivity contribution is 7.88. The van der Waals surface area contributed by atoms with Gasteiger partial charge in [-0.15, -0.1) is 0 Å². The zero-order valence-electron chi connectivity index (χ0n) is 14.3. The van der Waals surface area contributed by atoms with Gasteiger partial charge in [0.1, 0.15) is 12.4 Å². The molecular weight excluding hydrogens is 401 g/mol. The van der Waals surface area contributed by atoms with Crippen molar-refractivity contribution in [3.63, 3.8) is 0 Å². The van der Waals surface area contributed by atoms with Crippen molar-refractivity contribution in [3.8, 4) is 17.5 Å². The van der Waals surface area contributed by atoms with Crippen molar-refractivity contribution in [2.24, 2.45) is 0 Å². The summed E-state index contributed by atoms with van der Waals surface area (Å²) in [5.74, 6) is -0.990. The van der Waals surface area contributed by atoms with Crippen molar-refractivity contribution >= 4 is 21.2 Å². The Morgan fingerprint density at radius 3 is 2.29 bits per heavy atom. The molecule has 3 rings (SSSR count). The summed E-state index contributed by atoms with van der Waals surface area (Å²) in [6, 6.07) is 13.0. The van der Waals surface area contributed by atoms with Crippen molar-refractivity contribution in [1.29, 1.82) is 0 Å². The molecule has 1 heterocycles. The second-order valence-corrected chi connectivity index (χ2v) is 6.98. The van der Waals surface area contributed by atoms with Crippen LogP contribution in [0.5, 0.6) is 17.5 Å². The molecule has 0 fully saturated rings. The first-order chi connectivity index (χ1) is 13.2. The van der Waals surface area contributed by atoms with E-state index in [9.17, 15) is 21.6 Å².